The smallest absolute Gasteiger partial charge is 0.160 e. The molecule has 0 fully saturated rings. The van der Waals surface area contributed by atoms with Gasteiger partial charge in [0.2, 0.25) is 0 Å². The number of para-hydroxylation sites is 3. The van der Waals surface area contributed by atoms with Gasteiger partial charge in [0, 0.05) is 27.6 Å². The SMILES string of the molecule is c1ccc(-c2nc(-c3cccc(-c4ccc5c(c4)-c4cc6ccccc6cc4C54c5ccccc5Oc5ccccc54)c3)nc3ccccc23)cc1. The van der Waals surface area contributed by atoms with Gasteiger partial charge in [-0.15, -0.1) is 0 Å². The van der Waals surface area contributed by atoms with E-state index >= 15 is 0 Å². The van der Waals surface area contributed by atoms with Crippen LogP contribution in [0.25, 0.3) is 66.6 Å². The molecule has 1 aromatic heterocycles. The predicted octanol–water partition coefficient (Wildman–Crippen LogP) is 12.3. The van der Waals surface area contributed by atoms with Crippen LogP contribution in [0, 0.1) is 0 Å². The van der Waals surface area contributed by atoms with Gasteiger partial charge in [0.15, 0.2) is 5.82 Å². The summed E-state index contributed by atoms with van der Waals surface area (Å²) in [5.74, 6) is 2.51. The third kappa shape index (κ3) is 4.14. The topological polar surface area (TPSA) is 35.0 Å². The second-order valence-corrected chi connectivity index (χ2v) is 13.7. The highest BCUT2D eigenvalue weighted by Crippen LogP contribution is 2.62. The largest absolute Gasteiger partial charge is 0.457 e. The van der Waals surface area contributed by atoms with E-state index in [-0.39, 0.29) is 0 Å². The van der Waals surface area contributed by atoms with Gasteiger partial charge in [-0.1, -0.05) is 140 Å². The van der Waals surface area contributed by atoms with Crippen molar-refractivity contribution >= 4 is 21.7 Å². The van der Waals surface area contributed by atoms with Gasteiger partial charge >= 0.3 is 0 Å². The predicted molar refractivity (Wildman–Crippen MR) is 211 cm³/mol. The highest BCUT2D eigenvalue weighted by molar-refractivity contribution is 5.98. The van der Waals surface area contributed by atoms with Gasteiger partial charge in [-0.25, -0.2) is 9.97 Å². The van der Waals surface area contributed by atoms with E-state index in [4.69, 9.17) is 14.7 Å². The van der Waals surface area contributed by atoms with Gasteiger partial charge in [-0.2, -0.15) is 0 Å². The fourth-order valence-electron chi connectivity index (χ4n) is 8.63. The molecular formula is C49H30N2O. The Morgan fingerprint density at radius 3 is 1.81 bits per heavy atom. The molecule has 3 heteroatoms. The van der Waals surface area contributed by atoms with Gasteiger partial charge in [0.1, 0.15) is 11.5 Å². The maximum Gasteiger partial charge on any atom is 0.160 e. The number of rotatable bonds is 3. The van der Waals surface area contributed by atoms with Gasteiger partial charge < -0.3 is 4.74 Å². The van der Waals surface area contributed by atoms with E-state index in [1.54, 1.807) is 0 Å². The van der Waals surface area contributed by atoms with Crippen LogP contribution in [0.2, 0.25) is 0 Å². The number of benzene rings is 8. The first-order chi connectivity index (χ1) is 25.8. The number of hydrogen-bond acceptors (Lipinski definition) is 3. The van der Waals surface area contributed by atoms with E-state index in [1.165, 1.54) is 44.2 Å². The Balaban J connectivity index is 1.12. The average molecular weight is 663 g/mol. The Labute approximate surface area is 301 Å². The Bertz CT molecular complexity index is 2850. The van der Waals surface area contributed by atoms with Crippen molar-refractivity contribution in [2.75, 3.05) is 0 Å². The van der Waals surface area contributed by atoms with Crippen molar-refractivity contribution in [3.63, 3.8) is 0 Å². The minimum Gasteiger partial charge on any atom is -0.457 e. The summed E-state index contributed by atoms with van der Waals surface area (Å²) < 4.78 is 6.58. The number of hydrogen-bond donors (Lipinski definition) is 0. The van der Waals surface area contributed by atoms with Crippen LogP contribution < -0.4 is 4.74 Å². The summed E-state index contributed by atoms with van der Waals surface area (Å²) in [6.45, 7) is 0. The lowest BCUT2D eigenvalue weighted by atomic mass is 9.66. The first-order valence-electron chi connectivity index (χ1n) is 17.7. The molecule has 3 nitrogen and oxygen atoms in total. The minimum absolute atomic E-state index is 0.521. The van der Waals surface area contributed by atoms with E-state index in [9.17, 15) is 0 Å². The lowest BCUT2D eigenvalue weighted by Gasteiger charge is -2.39. The summed E-state index contributed by atoms with van der Waals surface area (Å²) in [7, 11) is 0. The number of ether oxygens (including phenoxy) is 1. The van der Waals surface area contributed by atoms with E-state index in [1.807, 2.05) is 12.1 Å². The van der Waals surface area contributed by atoms with Gasteiger partial charge in [0.05, 0.1) is 16.6 Å². The molecule has 1 aliphatic carbocycles. The van der Waals surface area contributed by atoms with Crippen LogP contribution in [0.1, 0.15) is 22.3 Å². The van der Waals surface area contributed by atoms with E-state index in [0.29, 0.717) is 5.82 Å². The quantitative estimate of drug-likeness (QED) is 0.189. The minimum atomic E-state index is -0.521. The standard InChI is InChI=1S/C49H30N2O/c1-2-13-31(14-3-1)47-37-19-6-9-22-44(37)50-48(51-47)36-18-12-17-32(27-36)35-25-26-40-38(29-35)39-28-33-15-4-5-16-34(33)30-43(39)49(40)41-20-7-10-23-45(41)52-46-24-11-8-21-42(46)49/h1-30H. The second-order valence-electron chi connectivity index (χ2n) is 13.7. The lowest BCUT2D eigenvalue weighted by Crippen LogP contribution is -2.32. The van der Waals surface area contributed by atoms with Crippen LogP contribution in [0.5, 0.6) is 11.5 Å². The highest BCUT2D eigenvalue weighted by atomic mass is 16.5. The van der Waals surface area contributed by atoms with Crippen LogP contribution >= 0.6 is 0 Å². The summed E-state index contributed by atoms with van der Waals surface area (Å²) in [6.07, 6.45) is 0. The molecule has 0 bridgehead atoms. The van der Waals surface area contributed by atoms with Crippen molar-refractivity contribution in [3.05, 3.63) is 204 Å². The lowest BCUT2D eigenvalue weighted by molar-refractivity contribution is 0.436. The van der Waals surface area contributed by atoms with Crippen molar-refractivity contribution in [2.24, 2.45) is 0 Å². The van der Waals surface area contributed by atoms with E-state index in [0.717, 1.165) is 50.3 Å². The molecule has 0 saturated carbocycles. The number of fused-ring (bicyclic) bond motifs is 11. The molecule has 0 radical (unpaired) electrons. The normalized spacial score (nSPS) is 13.3. The number of nitrogens with zero attached hydrogens (tertiary/aromatic N) is 2. The Morgan fingerprint density at radius 2 is 1.00 bits per heavy atom. The molecule has 0 saturated heterocycles. The third-order valence-corrected chi connectivity index (χ3v) is 10.9. The molecule has 2 heterocycles. The van der Waals surface area contributed by atoms with Crippen molar-refractivity contribution in [1.29, 1.82) is 0 Å². The zero-order valence-corrected chi connectivity index (χ0v) is 28.1. The third-order valence-electron chi connectivity index (χ3n) is 10.9. The van der Waals surface area contributed by atoms with Gasteiger partial charge in [-0.3, -0.25) is 0 Å². The molecular weight excluding hydrogens is 633 g/mol. The number of aromatic nitrogens is 2. The Kier molecular flexibility index (Phi) is 6.17. The van der Waals surface area contributed by atoms with Crippen molar-refractivity contribution in [3.8, 4) is 56.4 Å². The molecule has 11 rings (SSSR count). The van der Waals surface area contributed by atoms with Crippen LogP contribution in [-0.2, 0) is 5.41 Å². The molecule has 0 unspecified atom stereocenters. The molecule has 0 atom stereocenters. The summed E-state index contributed by atoms with van der Waals surface area (Å²) in [5, 5.41) is 3.50. The first-order valence-corrected chi connectivity index (χ1v) is 17.7. The summed E-state index contributed by atoms with van der Waals surface area (Å²) in [4.78, 5) is 10.2. The maximum absolute atomic E-state index is 6.58. The fraction of sp³-hybridized carbons (Fsp3) is 0.0204. The van der Waals surface area contributed by atoms with Crippen molar-refractivity contribution in [1.82, 2.24) is 9.97 Å². The molecule has 52 heavy (non-hydrogen) atoms. The summed E-state index contributed by atoms with van der Waals surface area (Å²) >= 11 is 0. The van der Waals surface area contributed by atoms with Crippen LogP contribution in [-0.4, -0.2) is 9.97 Å². The van der Waals surface area contributed by atoms with E-state index < -0.39 is 5.41 Å². The Morgan fingerprint density at radius 1 is 0.385 bits per heavy atom. The molecule has 0 N–H and O–H groups in total. The Hall–Kier alpha value is -6.84. The van der Waals surface area contributed by atoms with Crippen molar-refractivity contribution < 1.29 is 4.74 Å². The fourth-order valence-corrected chi connectivity index (χ4v) is 8.63. The highest BCUT2D eigenvalue weighted by Gasteiger charge is 2.51. The molecule has 242 valence electrons. The van der Waals surface area contributed by atoms with Gasteiger partial charge in [0.25, 0.3) is 0 Å². The van der Waals surface area contributed by atoms with Crippen LogP contribution in [0.4, 0.5) is 0 Å². The zero-order valence-electron chi connectivity index (χ0n) is 28.1. The molecule has 9 aromatic rings. The molecule has 2 aliphatic rings. The molecule has 1 aliphatic heterocycles. The summed E-state index contributed by atoms with van der Waals surface area (Å²) in [6, 6.07) is 64.9. The van der Waals surface area contributed by atoms with Gasteiger partial charge in [-0.05, 0) is 86.6 Å². The molecule has 0 amide bonds. The second kappa shape index (κ2) is 11.1. The monoisotopic (exact) mass is 662 g/mol. The summed E-state index contributed by atoms with van der Waals surface area (Å²) in [5.41, 5.74) is 13.1. The molecule has 1 spiro atoms. The molecule has 8 aromatic carbocycles. The van der Waals surface area contributed by atoms with E-state index in [2.05, 4.69) is 170 Å². The average Bonchev–Trinajstić information content (AvgIpc) is 3.48. The first kappa shape index (κ1) is 28.9. The van der Waals surface area contributed by atoms with Crippen LogP contribution in [0.15, 0.2) is 182 Å². The van der Waals surface area contributed by atoms with Crippen molar-refractivity contribution in [2.45, 2.75) is 5.41 Å². The zero-order chi connectivity index (χ0) is 34.2. The maximum atomic E-state index is 6.58. The van der Waals surface area contributed by atoms with Crippen LogP contribution in [0.3, 0.4) is 0 Å².